The summed E-state index contributed by atoms with van der Waals surface area (Å²) < 4.78 is 0. The summed E-state index contributed by atoms with van der Waals surface area (Å²) in [6.45, 7) is 0. The van der Waals surface area contributed by atoms with E-state index in [2.05, 4.69) is 35.6 Å². The van der Waals surface area contributed by atoms with Crippen LogP contribution in [0.1, 0.15) is 41.5 Å². The Balaban J connectivity index is 2.05. The number of fused-ring (bicyclic) bond motifs is 1. The lowest BCUT2D eigenvalue weighted by atomic mass is 9.77. The minimum absolute atomic E-state index is 0.408. The second-order valence-corrected chi connectivity index (χ2v) is 6.09. The summed E-state index contributed by atoms with van der Waals surface area (Å²) in [7, 11) is 2.03. The maximum Gasteiger partial charge on any atom is 0.0595 e. The summed E-state index contributed by atoms with van der Waals surface area (Å²) in [5.74, 6) is 0.408. The SMILES string of the molecule is CN[C@H]1CCC(c2ccc(Cl)c(Cl)c2)c2ccccc21. The van der Waals surface area contributed by atoms with Gasteiger partial charge in [0, 0.05) is 12.0 Å². The molecule has 20 heavy (non-hydrogen) atoms. The second kappa shape index (κ2) is 5.77. The first-order chi connectivity index (χ1) is 9.70. The van der Waals surface area contributed by atoms with Gasteiger partial charge in [-0.3, -0.25) is 0 Å². The van der Waals surface area contributed by atoms with Crippen molar-refractivity contribution in [3.05, 3.63) is 69.2 Å². The van der Waals surface area contributed by atoms with E-state index in [1.165, 1.54) is 16.7 Å². The molecule has 2 aromatic rings. The lowest BCUT2D eigenvalue weighted by molar-refractivity contribution is 0.471. The van der Waals surface area contributed by atoms with Crippen molar-refractivity contribution in [3.63, 3.8) is 0 Å². The average Bonchev–Trinajstić information content (AvgIpc) is 2.49. The Labute approximate surface area is 129 Å². The molecule has 3 rings (SSSR count). The summed E-state index contributed by atoms with van der Waals surface area (Å²) in [5, 5.41) is 4.66. The van der Waals surface area contributed by atoms with E-state index in [0.717, 1.165) is 12.8 Å². The molecule has 1 aliphatic carbocycles. The van der Waals surface area contributed by atoms with Crippen LogP contribution in [0.4, 0.5) is 0 Å². The normalized spacial score (nSPS) is 21.6. The standard InChI is InChI=1S/C17H17Cl2N/c1-20-17-9-7-12(13-4-2-3-5-14(13)17)11-6-8-15(18)16(19)10-11/h2-6,8,10,12,17,20H,7,9H2,1H3/t12?,17-/m0/s1. The topological polar surface area (TPSA) is 12.0 Å². The lowest BCUT2D eigenvalue weighted by Crippen LogP contribution is -2.24. The zero-order valence-corrected chi connectivity index (χ0v) is 12.9. The molecule has 3 heteroatoms. The molecule has 2 aromatic carbocycles. The maximum atomic E-state index is 6.17. The molecule has 0 fully saturated rings. The van der Waals surface area contributed by atoms with Crippen LogP contribution in [0.25, 0.3) is 0 Å². The molecule has 0 saturated heterocycles. The molecular weight excluding hydrogens is 289 g/mol. The molecule has 0 radical (unpaired) electrons. The van der Waals surface area contributed by atoms with Crippen LogP contribution in [-0.2, 0) is 0 Å². The molecule has 0 heterocycles. The van der Waals surface area contributed by atoms with Gasteiger partial charge in [0.15, 0.2) is 0 Å². The Morgan fingerprint density at radius 1 is 0.950 bits per heavy atom. The molecule has 1 unspecified atom stereocenters. The highest BCUT2D eigenvalue weighted by Gasteiger charge is 2.27. The highest BCUT2D eigenvalue weighted by molar-refractivity contribution is 6.42. The third kappa shape index (κ3) is 2.46. The highest BCUT2D eigenvalue weighted by atomic mass is 35.5. The molecule has 1 N–H and O–H groups in total. The number of hydrogen-bond acceptors (Lipinski definition) is 1. The smallest absolute Gasteiger partial charge is 0.0595 e. The largest absolute Gasteiger partial charge is 0.313 e. The molecule has 0 saturated carbocycles. The summed E-state index contributed by atoms with van der Waals surface area (Å²) in [6.07, 6.45) is 2.26. The molecule has 0 aliphatic heterocycles. The van der Waals surface area contributed by atoms with Crippen molar-refractivity contribution in [2.24, 2.45) is 0 Å². The van der Waals surface area contributed by atoms with Gasteiger partial charge in [-0.2, -0.15) is 0 Å². The van der Waals surface area contributed by atoms with Crippen LogP contribution in [0.15, 0.2) is 42.5 Å². The van der Waals surface area contributed by atoms with E-state index in [1.54, 1.807) is 0 Å². The number of halogens is 2. The van der Waals surface area contributed by atoms with Gasteiger partial charge in [-0.15, -0.1) is 0 Å². The molecule has 0 spiro atoms. The van der Waals surface area contributed by atoms with Crippen LogP contribution in [0, 0.1) is 0 Å². The van der Waals surface area contributed by atoms with Gasteiger partial charge in [0.25, 0.3) is 0 Å². The maximum absolute atomic E-state index is 6.17. The Morgan fingerprint density at radius 2 is 1.70 bits per heavy atom. The quantitative estimate of drug-likeness (QED) is 0.806. The van der Waals surface area contributed by atoms with Gasteiger partial charge in [-0.25, -0.2) is 0 Å². The van der Waals surface area contributed by atoms with E-state index >= 15 is 0 Å². The van der Waals surface area contributed by atoms with Crippen molar-refractivity contribution in [1.82, 2.24) is 5.32 Å². The van der Waals surface area contributed by atoms with Crippen molar-refractivity contribution in [1.29, 1.82) is 0 Å². The molecule has 1 aliphatic rings. The van der Waals surface area contributed by atoms with Crippen molar-refractivity contribution >= 4 is 23.2 Å². The second-order valence-electron chi connectivity index (χ2n) is 5.27. The summed E-state index contributed by atoms with van der Waals surface area (Å²) >= 11 is 12.2. The van der Waals surface area contributed by atoms with Gasteiger partial charge in [0.05, 0.1) is 10.0 Å². The van der Waals surface area contributed by atoms with Gasteiger partial charge in [0.1, 0.15) is 0 Å². The number of benzene rings is 2. The van der Waals surface area contributed by atoms with Crippen LogP contribution in [-0.4, -0.2) is 7.05 Å². The van der Waals surface area contributed by atoms with Gasteiger partial charge in [-0.05, 0) is 48.7 Å². The van der Waals surface area contributed by atoms with Crippen LogP contribution in [0.3, 0.4) is 0 Å². The fourth-order valence-electron chi connectivity index (χ4n) is 3.17. The third-order valence-corrected chi connectivity index (χ3v) is 4.92. The molecule has 0 aromatic heterocycles. The Morgan fingerprint density at radius 3 is 2.40 bits per heavy atom. The van der Waals surface area contributed by atoms with Crippen molar-refractivity contribution in [2.45, 2.75) is 24.8 Å². The Hall–Kier alpha value is -1.02. The van der Waals surface area contributed by atoms with Crippen LogP contribution in [0.5, 0.6) is 0 Å². The van der Waals surface area contributed by atoms with Gasteiger partial charge in [-0.1, -0.05) is 53.5 Å². The van der Waals surface area contributed by atoms with E-state index in [-0.39, 0.29) is 0 Å². The first-order valence-electron chi connectivity index (χ1n) is 6.91. The lowest BCUT2D eigenvalue weighted by Gasteiger charge is -2.32. The summed E-state index contributed by atoms with van der Waals surface area (Å²) in [6, 6.07) is 15.1. The predicted molar refractivity (Wildman–Crippen MR) is 85.8 cm³/mol. The minimum Gasteiger partial charge on any atom is -0.313 e. The Bertz CT molecular complexity index is 624. The van der Waals surface area contributed by atoms with E-state index in [9.17, 15) is 0 Å². The van der Waals surface area contributed by atoms with Crippen LogP contribution in [0.2, 0.25) is 10.0 Å². The summed E-state index contributed by atoms with van der Waals surface area (Å²) in [5.41, 5.74) is 4.05. The third-order valence-electron chi connectivity index (χ3n) is 4.19. The van der Waals surface area contributed by atoms with E-state index in [0.29, 0.717) is 22.0 Å². The zero-order valence-electron chi connectivity index (χ0n) is 11.4. The molecule has 0 amide bonds. The van der Waals surface area contributed by atoms with Gasteiger partial charge in [0.2, 0.25) is 0 Å². The number of hydrogen-bond donors (Lipinski definition) is 1. The first-order valence-corrected chi connectivity index (χ1v) is 7.67. The Kier molecular flexibility index (Phi) is 4.02. The number of rotatable bonds is 2. The van der Waals surface area contributed by atoms with Crippen LogP contribution < -0.4 is 5.32 Å². The van der Waals surface area contributed by atoms with Crippen LogP contribution >= 0.6 is 23.2 Å². The fourth-order valence-corrected chi connectivity index (χ4v) is 3.47. The molecule has 104 valence electrons. The monoisotopic (exact) mass is 305 g/mol. The van der Waals surface area contributed by atoms with Gasteiger partial charge >= 0.3 is 0 Å². The number of nitrogens with one attached hydrogen (secondary N) is 1. The summed E-state index contributed by atoms with van der Waals surface area (Å²) in [4.78, 5) is 0. The van der Waals surface area contributed by atoms with Crippen molar-refractivity contribution in [2.75, 3.05) is 7.05 Å². The molecule has 0 bridgehead atoms. The van der Waals surface area contributed by atoms with E-state index < -0.39 is 0 Å². The first kappa shape index (κ1) is 13.9. The average molecular weight is 306 g/mol. The van der Waals surface area contributed by atoms with E-state index in [1.807, 2.05) is 19.2 Å². The van der Waals surface area contributed by atoms with E-state index in [4.69, 9.17) is 23.2 Å². The zero-order chi connectivity index (χ0) is 14.1. The van der Waals surface area contributed by atoms with Crippen molar-refractivity contribution < 1.29 is 0 Å². The molecule has 1 nitrogen and oxygen atoms in total. The highest BCUT2D eigenvalue weighted by Crippen LogP contribution is 2.42. The molecular formula is C17H17Cl2N. The minimum atomic E-state index is 0.408. The van der Waals surface area contributed by atoms with Gasteiger partial charge < -0.3 is 5.32 Å². The van der Waals surface area contributed by atoms with Crippen molar-refractivity contribution in [3.8, 4) is 0 Å². The molecule has 2 atom stereocenters. The predicted octanol–water partition coefficient (Wildman–Crippen LogP) is 5.18. The fraction of sp³-hybridized carbons (Fsp3) is 0.294.